The molecule has 6 heteroatoms. The van der Waals surface area contributed by atoms with Crippen LogP contribution in [0.25, 0.3) is 0 Å². The summed E-state index contributed by atoms with van der Waals surface area (Å²) >= 11 is 0. The van der Waals surface area contributed by atoms with E-state index in [1.165, 1.54) is 0 Å². The summed E-state index contributed by atoms with van der Waals surface area (Å²) in [5.74, 6) is -2.01. The van der Waals surface area contributed by atoms with Gasteiger partial charge in [-0.2, -0.15) is 0 Å². The molecule has 0 heterocycles. The minimum atomic E-state index is -1.13. The van der Waals surface area contributed by atoms with E-state index in [0.717, 1.165) is 23.8 Å². The fourth-order valence-corrected chi connectivity index (χ4v) is 2.21. The molecule has 5 nitrogen and oxygen atoms in total. The molecule has 0 saturated heterocycles. The Kier molecular flexibility index (Phi) is 6.14. The molecule has 1 aliphatic carbocycles. The zero-order chi connectivity index (χ0) is 15.7. The average Bonchev–Trinajstić information content (AvgIpc) is 2.42. The number of benzene rings is 1. The number of carbonyl (C=O) groups excluding carboxylic acids is 2. The van der Waals surface area contributed by atoms with Gasteiger partial charge in [0, 0.05) is 5.57 Å². The van der Waals surface area contributed by atoms with Gasteiger partial charge in [0.05, 0.1) is 17.2 Å². The Bertz CT molecular complexity index is 684. The van der Waals surface area contributed by atoms with Gasteiger partial charge in [-0.1, -0.05) is 11.6 Å². The SMILES string of the molecule is CC(C)=CC[C@@H](O)C1=CC(=O)c2c(O)ccc(O)c2C1=O.[NaH]. The zero-order valence-electron chi connectivity index (χ0n) is 11.8. The number of rotatable bonds is 3. The topological polar surface area (TPSA) is 94.8 Å². The normalized spacial score (nSPS) is 14.6. The number of aliphatic hydroxyl groups excluding tert-OH is 1. The van der Waals surface area contributed by atoms with E-state index in [9.17, 15) is 24.9 Å². The Morgan fingerprint density at radius 1 is 1.14 bits per heavy atom. The molecule has 0 unspecified atom stereocenters. The monoisotopic (exact) mass is 312 g/mol. The van der Waals surface area contributed by atoms with Crippen molar-refractivity contribution < 1.29 is 24.9 Å². The van der Waals surface area contributed by atoms with Crippen LogP contribution in [0.15, 0.2) is 35.4 Å². The Hall–Kier alpha value is -1.40. The van der Waals surface area contributed by atoms with Crippen LogP contribution in [0.4, 0.5) is 0 Å². The van der Waals surface area contributed by atoms with Crippen LogP contribution in [0.3, 0.4) is 0 Å². The van der Waals surface area contributed by atoms with Crippen LogP contribution in [-0.4, -0.2) is 62.5 Å². The van der Waals surface area contributed by atoms with E-state index in [1.54, 1.807) is 6.08 Å². The molecule has 22 heavy (non-hydrogen) atoms. The number of hydrogen-bond acceptors (Lipinski definition) is 5. The number of fused-ring (bicyclic) bond motifs is 1. The molecule has 0 amide bonds. The molecule has 0 bridgehead atoms. The van der Waals surface area contributed by atoms with Crippen LogP contribution in [0.5, 0.6) is 11.5 Å². The van der Waals surface area contributed by atoms with Crippen molar-refractivity contribution in [2.75, 3.05) is 0 Å². The van der Waals surface area contributed by atoms with Crippen molar-refractivity contribution in [3.8, 4) is 11.5 Å². The second-order valence-electron chi connectivity index (χ2n) is 5.18. The summed E-state index contributed by atoms with van der Waals surface area (Å²) in [7, 11) is 0. The third-order valence-corrected chi connectivity index (χ3v) is 3.29. The van der Waals surface area contributed by atoms with E-state index >= 15 is 0 Å². The van der Waals surface area contributed by atoms with Crippen molar-refractivity contribution in [2.45, 2.75) is 26.4 Å². The van der Waals surface area contributed by atoms with Gasteiger partial charge in [0.15, 0.2) is 11.6 Å². The standard InChI is InChI=1S/C16H16O5.Na.H/c1-8(2)3-4-10(17)9-7-13(20)14-11(18)5-6-12(19)15(14)16(9)21;;/h3,5-7,10,17-19H,4H2,1-2H3;;/t10-;;/m1../s1. The first-order valence-electron chi connectivity index (χ1n) is 6.50. The Balaban J connectivity index is 0.00000242. The second kappa shape index (κ2) is 7.24. The first kappa shape index (κ1) is 18.6. The summed E-state index contributed by atoms with van der Waals surface area (Å²) in [6.45, 7) is 3.71. The van der Waals surface area contributed by atoms with Gasteiger partial charge in [0.2, 0.25) is 0 Å². The van der Waals surface area contributed by atoms with Gasteiger partial charge in [-0.3, -0.25) is 9.59 Å². The van der Waals surface area contributed by atoms with E-state index in [4.69, 9.17) is 0 Å². The molecule has 0 aliphatic heterocycles. The predicted molar refractivity (Wildman–Crippen MR) is 83.7 cm³/mol. The van der Waals surface area contributed by atoms with Crippen molar-refractivity contribution >= 4 is 41.1 Å². The van der Waals surface area contributed by atoms with Crippen LogP contribution in [0, 0.1) is 0 Å². The van der Waals surface area contributed by atoms with Crippen molar-refractivity contribution in [2.24, 2.45) is 0 Å². The fourth-order valence-electron chi connectivity index (χ4n) is 2.21. The number of aliphatic hydroxyl groups is 1. The number of ketones is 2. The van der Waals surface area contributed by atoms with Crippen LogP contribution >= 0.6 is 0 Å². The van der Waals surface area contributed by atoms with Crippen molar-refractivity contribution in [3.63, 3.8) is 0 Å². The molecule has 0 aromatic heterocycles. The summed E-state index contributed by atoms with van der Waals surface area (Å²) in [5, 5.41) is 29.5. The summed E-state index contributed by atoms with van der Waals surface area (Å²) in [6.07, 6.45) is 1.84. The number of hydrogen-bond donors (Lipinski definition) is 3. The van der Waals surface area contributed by atoms with Crippen LogP contribution < -0.4 is 0 Å². The quantitative estimate of drug-likeness (QED) is 0.446. The molecule has 2 rings (SSSR count). The molecule has 0 saturated carbocycles. The van der Waals surface area contributed by atoms with Gasteiger partial charge in [0.1, 0.15) is 11.5 Å². The molecule has 1 aromatic rings. The van der Waals surface area contributed by atoms with E-state index in [2.05, 4.69) is 0 Å². The van der Waals surface area contributed by atoms with Gasteiger partial charge in [-0.25, -0.2) is 0 Å². The molecule has 1 aromatic carbocycles. The van der Waals surface area contributed by atoms with E-state index in [-0.39, 0.29) is 64.2 Å². The molecule has 0 fully saturated rings. The molecule has 0 radical (unpaired) electrons. The maximum absolute atomic E-state index is 12.3. The fraction of sp³-hybridized carbons (Fsp3) is 0.250. The molecular weight excluding hydrogens is 295 g/mol. The molecule has 112 valence electrons. The molecule has 3 N–H and O–H groups in total. The van der Waals surface area contributed by atoms with E-state index < -0.39 is 17.7 Å². The van der Waals surface area contributed by atoms with Gasteiger partial charge in [-0.05, 0) is 38.5 Å². The van der Waals surface area contributed by atoms with Crippen LogP contribution in [0.2, 0.25) is 0 Å². The Labute approximate surface area is 150 Å². The number of phenols is 2. The third-order valence-electron chi connectivity index (χ3n) is 3.29. The van der Waals surface area contributed by atoms with Crippen molar-refractivity contribution in [1.82, 2.24) is 0 Å². The van der Waals surface area contributed by atoms with Crippen molar-refractivity contribution in [1.29, 1.82) is 0 Å². The van der Waals surface area contributed by atoms with Gasteiger partial charge < -0.3 is 15.3 Å². The number of aromatic hydroxyl groups is 2. The second-order valence-corrected chi connectivity index (χ2v) is 5.18. The van der Waals surface area contributed by atoms with E-state index in [1.807, 2.05) is 13.8 Å². The minimum absolute atomic E-state index is 0. The van der Waals surface area contributed by atoms with Crippen molar-refractivity contribution in [3.05, 3.63) is 46.6 Å². The summed E-state index contributed by atoms with van der Waals surface area (Å²) in [5.41, 5.74) is 0.419. The number of phenolic OH excluding ortho intramolecular Hbond substituents is 2. The first-order chi connectivity index (χ1) is 9.82. The molecular formula is C16H17NaO5. The summed E-state index contributed by atoms with van der Waals surface area (Å²) in [4.78, 5) is 24.4. The Morgan fingerprint density at radius 3 is 2.23 bits per heavy atom. The van der Waals surface area contributed by atoms with E-state index in [0.29, 0.717) is 0 Å². The molecule has 0 spiro atoms. The molecule has 1 atom stereocenters. The summed E-state index contributed by atoms with van der Waals surface area (Å²) < 4.78 is 0. The van der Waals surface area contributed by atoms with Gasteiger partial charge >= 0.3 is 29.6 Å². The maximum atomic E-state index is 12.3. The molecule has 1 aliphatic rings. The third kappa shape index (κ3) is 3.50. The first-order valence-corrected chi connectivity index (χ1v) is 6.50. The number of Topliss-reactive ketones (excluding diaryl/α,β-unsaturated/α-hetero) is 1. The average molecular weight is 312 g/mol. The number of carbonyl (C=O) groups is 2. The Morgan fingerprint density at radius 2 is 1.68 bits per heavy atom. The summed E-state index contributed by atoms with van der Waals surface area (Å²) in [6, 6.07) is 2.29. The number of allylic oxidation sites excluding steroid dienone is 2. The zero-order valence-corrected chi connectivity index (χ0v) is 11.8. The van der Waals surface area contributed by atoms with Crippen LogP contribution in [0.1, 0.15) is 41.0 Å². The predicted octanol–water partition coefficient (Wildman–Crippen LogP) is 1.47. The van der Waals surface area contributed by atoms with Gasteiger partial charge in [-0.15, -0.1) is 0 Å². The van der Waals surface area contributed by atoms with Gasteiger partial charge in [0.25, 0.3) is 0 Å². The van der Waals surface area contributed by atoms with Crippen LogP contribution in [-0.2, 0) is 0 Å².